The first-order chi connectivity index (χ1) is 13.7. The maximum atomic E-state index is 12.9. The molecule has 2 amide bonds. The van der Waals surface area contributed by atoms with Crippen LogP contribution in [0.1, 0.15) is 68.6 Å². The summed E-state index contributed by atoms with van der Waals surface area (Å²) in [6, 6.07) is 8.00. The molecule has 2 aliphatic heterocycles. The van der Waals surface area contributed by atoms with Crippen molar-refractivity contribution in [3.63, 3.8) is 0 Å². The second-order valence-electron chi connectivity index (χ2n) is 8.50. The first-order valence-corrected chi connectivity index (χ1v) is 11.0. The van der Waals surface area contributed by atoms with Crippen molar-refractivity contribution in [1.82, 2.24) is 9.80 Å². The zero-order chi connectivity index (χ0) is 19.5. The Morgan fingerprint density at radius 1 is 0.964 bits per heavy atom. The van der Waals surface area contributed by atoms with Gasteiger partial charge >= 0.3 is 0 Å². The minimum Gasteiger partial charge on any atom is -0.490 e. The Morgan fingerprint density at radius 2 is 1.68 bits per heavy atom. The van der Waals surface area contributed by atoms with Gasteiger partial charge in [-0.3, -0.25) is 9.59 Å². The fraction of sp³-hybridized carbons (Fsp3) is 0.652. The molecule has 1 saturated carbocycles. The van der Waals surface area contributed by atoms with Gasteiger partial charge in [-0.05, 0) is 62.8 Å². The van der Waals surface area contributed by atoms with E-state index in [1.54, 1.807) is 0 Å². The maximum Gasteiger partial charge on any atom is 0.254 e. The van der Waals surface area contributed by atoms with Crippen LogP contribution in [-0.2, 0) is 4.79 Å². The number of likely N-dealkylation sites (tertiary alicyclic amines) is 2. The van der Waals surface area contributed by atoms with Gasteiger partial charge in [-0.25, -0.2) is 0 Å². The summed E-state index contributed by atoms with van der Waals surface area (Å²) in [5.41, 5.74) is 0.748. The lowest BCUT2D eigenvalue weighted by atomic mass is 9.99. The molecule has 0 bridgehead atoms. The highest BCUT2D eigenvalue weighted by Crippen LogP contribution is 2.32. The number of hydrogen-bond donors (Lipinski definition) is 0. The quantitative estimate of drug-likeness (QED) is 0.774. The van der Waals surface area contributed by atoms with Crippen LogP contribution in [-0.4, -0.2) is 53.4 Å². The fourth-order valence-corrected chi connectivity index (χ4v) is 4.51. The summed E-state index contributed by atoms with van der Waals surface area (Å²) in [6.07, 6.45) is 8.51. The fourth-order valence-electron chi connectivity index (χ4n) is 4.51. The Morgan fingerprint density at radius 3 is 2.32 bits per heavy atom. The third kappa shape index (κ3) is 4.34. The summed E-state index contributed by atoms with van der Waals surface area (Å²) in [5.74, 6) is 1.60. The highest BCUT2D eigenvalue weighted by molar-refractivity contribution is 5.94. The largest absolute Gasteiger partial charge is 0.490 e. The Hall–Kier alpha value is -2.04. The van der Waals surface area contributed by atoms with Gasteiger partial charge in [-0.2, -0.15) is 0 Å². The molecule has 0 radical (unpaired) electrons. The minimum absolute atomic E-state index is 0.144. The second-order valence-corrected chi connectivity index (χ2v) is 8.50. The van der Waals surface area contributed by atoms with Crippen molar-refractivity contribution in [1.29, 1.82) is 0 Å². The number of hydrogen-bond acceptors (Lipinski definition) is 3. The van der Waals surface area contributed by atoms with E-state index in [-0.39, 0.29) is 12.0 Å². The van der Waals surface area contributed by atoms with Crippen molar-refractivity contribution >= 4 is 11.8 Å². The van der Waals surface area contributed by atoms with Gasteiger partial charge in [0, 0.05) is 50.0 Å². The van der Waals surface area contributed by atoms with Gasteiger partial charge in [-0.15, -0.1) is 0 Å². The lowest BCUT2D eigenvalue weighted by Gasteiger charge is -2.35. The van der Waals surface area contributed by atoms with Crippen LogP contribution in [0.15, 0.2) is 24.3 Å². The maximum absolute atomic E-state index is 12.9. The topological polar surface area (TPSA) is 49.9 Å². The van der Waals surface area contributed by atoms with E-state index in [2.05, 4.69) is 6.92 Å². The van der Waals surface area contributed by atoms with Crippen molar-refractivity contribution in [2.24, 2.45) is 5.92 Å². The molecule has 1 unspecified atom stereocenters. The summed E-state index contributed by atoms with van der Waals surface area (Å²) >= 11 is 0. The summed E-state index contributed by atoms with van der Waals surface area (Å²) in [4.78, 5) is 29.1. The van der Waals surface area contributed by atoms with Crippen molar-refractivity contribution in [3.05, 3.63) is 29.8 Å². The van der Waals surface area contributed by atoms with Crippen LogP contribution in [0.3, 0.4) is 0 Å². The molecule has 2 saturated heterocycles. The van der Waals surface area contributed by atoms with Crippen LogP contribution in [0.5, 0.6) is 5.75 Å². The summed E-state index contributed by atoms with van der Waals surface area (Å²) in [7, 11) is 0. The van der Waals surface area contributed by atoms with E-state index in [4.69, 9.17) is 4.74 Å². The molecule has 1 aromatic carbocycles. The molecule has 5 heteroatoms. The highest BCUT2D eigenvalue weighted by Gasteiger charge is 2.35. The van der Waals surface area contributed by atoms with Gasteiger partial charge in [0.05, 0.1) is 0 Å². The van der Waals surface area contributed by atoms with E-state index in [9.17, 15) is 9.59 Å². The minimum atomic E-state index is 0.144. The Balaban J connectivity index is 1.30. The molecule has 1 aliphatic carbocycles. The molecule has 2 heterocycles. The highest BCUT2D eigenvalue weighted by atomic mass is 16.5. The number of rotatable bonds is 5. The monoisotopic (exact) mass is 384 g/mol. The van der Waals surface area contributed by atoms with Crippen molar-refractivity contribution in [2.45, 2.75) is 70.4 Å². The molecular formula is C23H32N2O3. The average molecular weight is 385 g/mol. The zero-order valence-corrected chi connectivity index (χ0v) is 16.9. The molecule has 3 fully saturated rings. The third-order valence-electron chi connectivity index (χ3n) is 6.44. The van der Waals surface area contributed by atoms with Crippen LogP contribution in [0, 0.1) is 5.92 Å². The summed E-state index contributed by atoms with van der Waals surface area (Å²) in [6.45, 7) is 4.62. The van der Waals surface area contributed by atoms with E-state index in [0.717, 1.165) is 75.9 Å². The number of carbonyl (C=O) groups excluding carboxylic acids is 2. The van der Waals surface area contributed by atoms with E-state index >= 15 is 0 Å². The number of ether oxygens (including phenoxy) is 1. The number of amides is 2. The average Bonchev–Trinajstić information content (AvgIpc) is 3.59. The van der Waals surface area contributed by atoms with Crippen molar-refractivity contribution in [3.8, 4) is 5.75 Å². The summed E-state index contributed by atoms with van der Waals surface area (Å²) in [5, 5.41) is 0. The van der Waals surface area contributed by atoms with Crippen LogP contribution < -0.4 is 4.74 Å². The lowest BCUT2D eigenvalue weighted by molar-refractivity contribution is -0.134. The van der Waals surface area contributed by atoms with Crippen LogP contribution in [0.4, 0.5) is 0 Å². The molecule has 1 atom stereocenters. The number of benzene rings is 1. The lowest BCUT2D eigenvalue weighted by Crippen LogP contribution is -2.43. The molecule has 0 spiro atoms. The van der Waals surface area contributed by atoms with Crippen LogP contribution in [0.25, 0.3) is 0 Å². The smallest absolute Gasteiger partial charge is 0.254 e. The van der Waals surface area contributed by atoms with E-state index in [0.29, 0.717) is 17.9 Å². The van der Waals surface area contributed by atoms with E-state index in [1.165, 1.54) is 6.42 Å². The number of piperidine rings is 2. The predicted molar refractivity (Wildman–Crippen MR) is 108 cm³/mol. The molecule has 28 heavy (non-hydrogen) atoms. The third-order valence-corrected chi connectivity index (χ3v) is 6.44. The standard InChI is InChI=1S/C23H32N2O3/c1-2-19-5-3-4-14-25(19)23(27)18-8-10-20(11-9-18)28-21-12-15-24(16-13-21)22(26)17-6-7-17/h8-11,17,19,21H,2-7,12-16H2,1H3. The van der Waals surface area contributed by atoms with E-state index in [1.807, 2.05) is 34.1 Å². The molecule has 0 aromatic heterocycles. The normalized spacial score (nSPS) is 23.5. The Bertz CT molecular complexity index is 690. The second kappa shape index (κ2) is 8.54. The van der Waals surface area contributed by atoms with Crippen molar-refractivity contribution in [2.75, 3.05) is 19.6 Å². The number of carbonyl (C=O) groups is 2. The first kappa shape index (κ1) is 19.3. The molecule has 0 N–H and O–H groups in total. The first-order valence-electron chi connectivity index (χ1n) is 11.0. The molecule has 152 valence electrons. The molecule has 3 aliphatic rings. The Kier molecular flexibility index (Phi) is 5.88. The van der Waals surface area contributed by atoms with Crippen LogP contribution >= 0.6 is 0 Å². The van der Waals surface area contributed by atoms with Gasteiger partial charge in [0.25, 0.3) is 5.91 Å². The molecule has 4 rings (SSSR count). The molecular weight excluding hydrogens is 352 g/mol. The van der Waals surface area contributed by atoms with Gasteiger partial charge in [0.1, 0.15) is 11.9 Å². The molecule has 1 aromatic rings. The van der Waals surface area contributed by atoms with Gasteiger partial charge < -0.3 is 14.5 Å². The number of nitrogens with zero attached hydrogens (tertiary/aromatic N) is 2. The molecule has 5 nitrogen and oxygen atoms in total. The van der Waals surface area contributed by atoms with Crippen LogP contribution in [0.2, 0.25) is 0 Å². The van der Waals surface area contributed by atoms with E-state index < -0.39 is 0 Å². The van der Waals surface area contributed by atoms with Gasteiger partial charge in [0.2, 0.25) is 5.91 Å². The van der Waals surface area contributed by atoms with Gasteiger partial charge in [-0.1, -0.05) is 6.92 Å². The van der Waals surface area contributed by atoms with Crippen molar-refractivity contribution < 1.29 is 14.3 Å². The zero-order valence-electron chi connectivity index (χ0n) is 16.9. The Labute approximate surface area is 168 Å². The predicted octanol–water partition coefficient (Wildman–Crippen LogP) is 3.87. The van der Waals surface area contributed by atoms with Gasteiger partial charge in [0.15, 0.2) is 0 Å². The SMILES string of the molecule is CCC1CCCCN1C(=O)c1ccc(OC2CCN(C(=O)C3CC3)CC2)cc1. The summed E-state index contributed by atoms with van der Waals surface area (Å²) < 4.78 is 6.12.